The molecule has 19 nitrogen and oxygen atoms in total. The number of nitrogens with zero attached hydrogens (tertiary/aromatic N) is 2. The Morgan fingerprint density at radius 3 is 2.26 bits per heavy atom. The first-order valence-electron chi connectivity index (χ1n) is 26.1. The Labute approximate surface area is 429 Å². The van der Waals surface area contributed by atoms with Gasteiger partial charge < -0.3 is 50.8 Å². The van der Waals surface area contributed by atoms with Crippen molar-refractivity contribution in [2.24, 2.45) is 11.8 Å². The summed E-state index contributed by atoms with van der Waals surface area (Å²) in [5.74, 6) is -4.87. The first kappa shape index (κ1) is 53.9. The number of fused-ring (bicyclic) bond motifs is 4. The molecule has 6 N–H and O–H groups in total. The molecule has 6 atom stereocenters. The highest BCUT2D eigenvalue weighted by Crippen LogP contribution is 2.48. The number of hydrogen-bond acceptors (Lipinski definition) is 13. The molecule has 1 saturated heterocycles. The lowest BCUT2D eigenvalue weighted by atomic mass is 9.79. The first-order chi connectivity index (χ1) is 35.6. The number of hydrogen-bond donors (Lipinski definition) is 6. The minimum atomic E-state index is -2.03. The summed E-state index contributed by atoms with van der Waals surface area (Å²) < 4.78 is 32.8. The van der Waals surface area contributed by atoms with Crippen LogP contribution in [-0.4, -0.2) is 133 Å². The number of aliphatic hydroxyl groups is 1. The summed E-state index contributed by atoms with van der Waals surface area (Å²) in [4.78, 5) is 110. The molecule has 2 aliphatic heterocycles. The fraction of sp³-hybridized carbons (Fsp3) is 0.574. The maximum Gasteiger partial charge on any atom is 0.343 e. The van der Waals surface area contributed by atoms with E-state index in [1.54, 1.807) is 19.9 Å². The molecule has 0 spiro atoms. The highest BCUT2D eigenvalue weighted by atomic mass is 19.1. The Bertz CT molecular complexity index is 2670. The van der Waals surface area contributed by atoms with Crippen LogP contribution in [0.15, 0.2) is 35.9 Å². The highest BCUT2D eigenvalue weighted by Gasteiger charge is 2.47. The zero-order valence-corrected chi connectivity index (χ0v) is 42.3. The minimum absolute atomic E-state index is 0.0180. The molecule has 2 aromatic rings. The smallest absolute Gasteiger partial charge is 0.343 e. The number of aryl methyl sites for hydroxylation is 1. The van der Waals surface area contributed by atoms with E-state index in [9.17, 15) is 43.5 Å². The molecule has 0 radical (unpaired) electrons. The number of amides is 6. The molecule has 2 fully saturated rings. The van der Waals surface area contributed by atoms with Crippen molar-refractivity contribution in [1.29, 1.82) is 0 Å². The molecule has 1 saturated carbocycles. The molecule has 1 aromatic carbocycles. The van der Waals surface area contributed by atoms with E-state index in [1.807, 2.05) is 6.08 Å². The van der Waals surface area contributed by atoms with Gasteiger partial charge >= 0.3 is 5.97 Å². The Morgan fingerprint density at radius 2 is 1.54 bits per heavy atom. The number of likely N-dealkylation sites (tertiary alicyclic amines) is 1. The van der Waals surface area contributed by atoms with Crippen LogP contribution in [0.25, 0.3) is 16.5 Å². The van der Waals surface area contributed by atoms with Gasteiger partial charge in [-0.05, 0) is 111 Å². The van der Waals surface area contributed by atoms with Crippen LogP contribution in [0, 0.1) is 24.6 Å². The van der Waals surface area contributed by atoms with Crippen molar-refractivity contribution in [1.82, 2.24) is 36.5 Å². The van der Waals surface area contributed by atoms with Gasteiger partial charge in [-0.15, -0.1) is 6.58 Å². The number of aromatic nitrogens is 1. The van der Waals surface area contributed by atoms with E-state index in [2.05, 4.69) is 33.2 Å². The maximum atomic E-state index is 15.6. The number of halogens is 1. The fourth-order valence-corrected chi connectivity index (χ4v) is 11.4. The number of esters is 1. The van der Waals surface area contributed by atoms with Crippen molar-refractivity contribution in [2.75, 3.05) is 52.5 Å². The van der Waals surface area contributed by atoms with E-state index in [4.69, 9.17) is 19.2 Å². The number of benzene rings is 1. The zero-order valence-electron chi connectivity index (χ0n) is 42.3. The molecule has 8 rings (SSSR count). The minimum Gasteiger partial charge on any atom is -0.458 e. The first-order valence-corrected chi connectivity index (χ1v) is 26.1. The Hall–Kier alpha value is -6.38. The van der Waals surface area contributed by atoms with Crippen molar-refractivity contribution >= 4 is 63.7 Å². The number of pyridine rings is 1. The summed E-state index contributed by atoms with van der Waals surface area (Å²) >= 11 is 0. The van der Waals surface area contributed by atoms with Gasteiger partial charge in [0, 0.05) is 41.5 Å². The molecule has 4 unspecified atom stereocenters. The molecule has 4 aliphatic carbocycles. The number of cyclic esters (lactones) is 1. The van der Waals surface area contributed by atoms with Crippen LogP contribution in [0.2, 0.25) is 0 Å². The predicted molar refractivity (Wildman–Crippen MR) is 267 cm³/mol. The van der Waals surface area contributed by atoms with Crippen LogP contribution >= 0.6 is 0 Å². The molecule has 6 amide bonds. The van der Waals surface area contributed by atoms with E-state index in [0.29, 0.717) is 73.8 Å². The average molecular weight is 1030 g/mol. The number of allylic oxidation sites excluding steroid dienone is 1. The monoisotopic (exact) mass is 1030 g/mol. The van der Waals surface area contributed by atoms with Crippen molar-refractivity contribution in [3.63, 3.8) is 0 Å². The summed E-state index contributed by atoms with van der Waals surface area (Å²) in [5, 5.41) is 25.3. The van der Waals surface area contributed by atoms with Gasteiger partial charge in [0.2, 0.25) is 35.4 Å². The third-order valence-corrected chi connectivity index (χ3v) is 15.5. The third-order valence-electron chi connectivity index (χ3n) is 15.5. The summed E-state index contributed by atoms with van der Waals surface area (Å²) in [6.45, 7) is 5.10. The Morgan fingerprint density at radius 1 is 0.851 bits per heavy atom. The topological polar surface area (TPSA) is 261 Å². The van der Waals surface area contributed by atoms with Crippen molar-refractivity contribution < 1.29 is 62.1 Å². The number of nitrogens with one attached hydrogen (secondary N) is 5. The summed E-state index contributed by atoms with van der Waals surface area (Å²) in [6.07, 6.45) is 12.8. The number of carbonyl (C=O) groups is 8. The van der Waals surface area contributed by atoms with Crippen LogP contribution < -0.4 is 26.6 Å². The van der Waals surface area contributed by atoms with Gasteiger partial charge in [0.1, 0.15) is 31.9 Å². The van der Waals surface area contributed by atoms with E-state index in [1.165, 1.54) is 17.4 Å². The van der Waals surface area contributed by atoms with E-state index in [-0.39, 0.29) is 74.1 Å². The lowest BCUT2D eigenvalue weighted by Crippen LogP contribution is -2.47. The van der Waals surface area contributed by atoms with Crippen LogP contribution in [0.3, 0.4) is 0 Å². The van der Waals surface area contributed by atoms with Crippen molar-refractivity contribution in [2.45, 2.75) is 134 Å². The maximum absolute atomic E-state index is 15.6. The van der Waals surface area contributed by atoms with Gasteiger partial charge in [-0.2, -0.15) is 0 Å². The number of rotatable bonds is 17. The Balaban J connectivity index is 0.828. The quantitative estimate of drug-likeness (QED) is 0.0985. The number of ether oxygens (including phenoxy) is 3. The predicted octanol–water partition coefficient (Wildman–Crippen LogP) is 3.06. The number of ketones is 1. The van der Waals surface area contributed by atoms with Gasteiger partial charge in [-0.3, -0.25) is 33.6 Å². The van der Waals surface area contributed by atoms with Gasteiger partial charge in [0.15, 0.2) is 11.4 Å². The van der Waals surface area contributed by atoms with E-state index in [0.717, 1.165) is 54.2 Å². The lowest BCUT2D eigenvalue weighted by Gasteiger charge is -2.32. The van der Waals surface area contributed by atoms with Gasteiger partial charge in [-0.25, -0.2) is 14.2 Å². The molecule has 20 heteroatoms. The van der Waals surface area contributed by atoms with E-state index >= 15 is 4.39 Å². The van der Waals surface area contributed by atoms with E-state index < -0.39 is 84.7 Å². The molecule has 398 valence electrons. The summed E-state index contributed by atoms with van der Waals surface area (Å²) in [6, 6.07) is 0.865. The largest absolute Gasteiger partial charge is 0.458 e. The summed E-state index contributed by atoms with van der Waals surface area (Å²) in [7, 11) is 0. The second-order valence-electron chi connectivity index (χ2n) is 20.2. The standard InChI is InChI=1S/C54H68FN7O12/c1-4-31-12-8-6-7-9-15-42(31)72-28-46(67)58-25-44(65)56-23-43(64)57-24-45(66)59-26-48(69)62-19-11-16-49(62)73-29-47(68)60-39-18-17-33-30(3)38(55)22-40-50(33)51(39)34-14-10-13-32-20-41(63)36-27-74-53(70)54(71,5-2)37(36)21-35(32)52(34)61-40/h4,21-22,31-32,39,42,49,71H,1,5-20,23-29H2,2-3H3,(H,56,65)(H,57,64)(H,58,67)(H,59,66)(H,60,68)/t31?,32?,39-,42?,49?,54-/m0/s1. The molecule has 74 heavy (non-hydrogen) atoms. The highest BCUT2D eigenvalue weighted by molar-refractivity contribution is 6.04. The second kappa shape index (κ2) is 23.9. The van der Waals surface area contributed by atoms with Crippen LogP contribution in [0.1, 0.15) is 124 Å². The van der Waals surface area contributed by atoms with Crippen molar-refractivity contribution in [3.8, 4) is 0 Å². The SMILES string of the molecule is C=CC1CCCCCCC1OCC(=O)NCC(=O)NCC(=O)NCC(=O)NCC(=O)N1CCCC1OCC(=O)N[C@H]1CCc2c(C)c(F)cc3nc4c(c1c23)CCCC1CC(=O)C2=C(C=C41)[C@@](O)(CC)C(=O)OC2. The van der Waals surface area contributed by atoms with Crippen LogP contribution in [0.4, 0.5) is 4.39 Å². The molecular formula is C54H68FN7O12. The molecular weight excluding hydrogens is 958 g/mol. The van der Waals surface area contributed by atoms with Crippen LogP contribution in [-0.2, 0) is 65.4 Å². The Kier molecular flexibility index (Phi) is 17.4. The zero-order chi connectivity index (χ0) is 52.7. The fourth-order valence-electron chi connectivity index (χ4n) is 11.4. The summed E-state index contributed by atoms with van der Waals surface area (Å²) in [5.41, 5.74) is 3.00. The van der Waals surface area contributed by atoms with Gasteiger partial charge in [-0.1, -0.05) is 38.7 Å². The third kappa shape index (κ3) is 11.9. The van der Waals surface area contributed by atoms with Gasteiger partial charge in [0.25, 0.3) is 0 Å². The molecule has 1 aromatic heterocycles. The number of carbonyl (C=O) groups excluding carboxylic acids is 8. The average Bonchev–Trinajstić information content (AvgIpc) is 3.75. The number of Topliss-reactive ketones (excluding diaryl/α,β-unsaturated/α-hetero) is 1. The van der Waals surface area contributed by atoms with Gasteiger partial charge in [0.05, 0.1) is 49.5 Å². The molecule has 6 aliphatic rings. The van der Waals surface area contributed by atoms with Crippen LogP contribution in [0.5, 0.6) is 0 Å². The second-order valence-corrected chi connectivity index (χ2v) is 20.2. The van der Waals surface area contributed by atoms with Crippen molar-refractivity contribution in [3.05, 3.63) is 69.7 Å². The molecule has 0 bridgehead atoms. The normalized spacial score (nSPS) is 24.6. The molecule has 3 heterocycles. The lowest BCUT2D eigenvalue weighted by molar-refractivity contribution is -0.163.